The number of hydrogen-bond acceptors (Lipinski definition) is 5. The second-order valence-electron chi connectivity index (χ2n) is 10.0. The smallest absolute Gasteiger partial charge is 0.414 e. The van der Waals surface area contributed by atoms with Crippen molar-refractivity contribution in [1.82, 2.24) is 9.55 Å². The molecule has 0 bridgehead atoms. The number of carbonyl (C=O) groups excluding carboxylic acids is 1. The van der Waals surface area contributed by atoms with E-state index in [0.29, 0.717) is 12.2 Å². The van der Waals surface area contributed by atoms with Gasteiger partial charge in [-0.1, -0.05) is 30.3 Å². The molecule has 4 atom stereocenters. The number of anilines is 1. The molecule has 190 valence electrons. The van der Waals surface area contributed by atoms with Gasteiger partial charge in [0.1, 0.15) is 5.82 Å². The van der Waals surface area contributed by atoms with Crippen LogP contribution in [0, 0.1) is 0 Å². The number of imidazole rings is 1. The van der Waals surface area contributed by atoms with E-state index in [-0.39, 0.29) is 24.6 Å². The number of methoxy groups -OCH3 is 1. The summed E-state index contributed by atoms with van der Waals surface area (Å²) in [4.78, 5) is 31.7. The first kappa shape index (κ1) is 24.3. The molecule has 2 aliphatic rings. The number of aliphatic hydroxyl groups is 1. The van der Waals surface area contributed by atoms with Gasteiger partial charge < -0.3 is 19.5 Å². The molecule has 5 rings (SSSR count). The number of benzene rings is 2. The van der Waals surface area contributed by atoms with E-state index >= 15 is 0 Å². The standard InChI is InChI=1S/C28H33N3O5/c1-17-11-12-21-23(30(17)28(35)36-2)13-14-24-26(21)29-25(31(24)19-9-6-10-20(32)15-19)16-22(27(33)34)18-7-4-3-5-8-18/h3-5,7-8,13-14,17,19-20,22,32H,6,9-12,15-16H2,1-2H3,(H,33,34)/t17-,19-,20+,22+/m0/s1. The lowest BCUT2D eigenvalue weighted by Crippen LogP contribution is -2.42. The van der Waals surface area contributed by atoms with Crippen LogP contribution in [0.25, 0.3) is 11.0 Å². The molecule has 3 aromatic rings. The second kappa shape index (κ2) is 9.93. The molecule has 8 heteroatoms. The Morgan fingerprint density at radius 1 is 1.14 bits per heavy atom. The molecule has 1 aliphatic carbocycles. The van der Waals surface area contributed by atoms with Crippen molar-refractivity contribution in [2.45, 2.75) is 76.0 Å². The minimum atomic E-state index is -0.892. The van der Waals surface area contributed by atoms with Crippen molar-refractivity contribution in [3.8, 4) is 0 Å². The van der Waals surface area contributed by atoms with E-state index in [0.717, 1.165) is 60.0 Å². The Balaban J connectivity index is 1.66. The Kier molecular flexibility index (Phi) is 6.71. The number of nitrogens with zero attached hydrogens (tertiary/aromatic N) is 3. The first-order valence-electron chi connectivity index (χ1n) is 12.7. The van der Waals surface area contributed by atoms with Crippen molar-refractivity contribution in [2.75, 3.05) is 12.0 Å². The molecule has 1 fully saturated rings. The second-order valence-corrected chi connectivity index (χ2v) is 10.0. The van der Waals surface area contributed by atoms with Crippen LogP contribution >= 0.6 is 0 Å². The van der Waals surface area contributed by atoms with Gasteiger partial charge in [0.15, 0.2) is 0 Å². The number of carboxylic acid groups (broad SMARTS) is 1. The van der Waals surface area contributed by atoms with Gasteiger partial charge in [-0.15, -0.1) is 0 Å². The fourth-order valence-electron chi connectivity index (χ4n) is 5.96. The van der Waals surface area contributed by atoms with Crippen molar-refractivity contribution in [2.24, 2.45) is 0 Å². The summed E-state index contributed by atoms with van der Waals surface area (Å²) in [6, 6.07) is 13.2. The number of amides is 1. The minimum Gasteiger partial charge on any atom is -0.481 e. The number of carboxylic acids is 1. The van der Waals surface area contributed by atoms with E-state index in [9.17, 15) is 19.8 Å². The van der Waals surface area contributed by atoms with Crippen molar-refractivity contribution < 1.29 is 24.5 Å². The summed E-state index contributed by atoms with van der Waals surface area (Å²) in [5, 5.41) is 20.6. The quantitative estimate of drug-likeness (QED) is 0.530. The zero-order valence-electron chi connectivity index (χ0n) is 20.8. The fraction of sp³-hybridized carbons (Fsp3) is 0.464. The van der Waals surface area contributed by atoms with E-state index in [4.69, 9.17) is 9.72 Å². The van der Waals surface area contributed by atoms with E-state index in [1.807, 2.05) is 49.4 Å². The summed E-state index contributed by atoms with van der Waals surface area (Å²) in [7, 11) is 1.39. The average Bonchev–Trinajstić information content (AvgIpc) is 3.25. The number of aryl methyl sites for hydroxylation is 1. The van der Waals surface area contributed by atoms with Gasteiger partial charge in [0.25, 0.3) is 0 Å². The number of rotatable bonds is 5. The molecule has 1 aliphatic heterocycles. The molecule has 1 aromatic heterocycles. The topological polar surface area (TPSA) is 105 Å². The maximum atomic E-state index is 12.6. The molecule has 2 N–H and O–H groups in total. The van der Waals surface area contributed by atoms with Crippen LogP contribution in [-0.2, 0) is 22.4 Å². The van der Waals surface area contributed by atoms with Crippen molar-refractivity contribution in [3.05, 3.63) is 59.4 Å². The monoisotopic (exact) mass is 491 g/mol. The number of hydrogen-bond donors (Lipinski definition) is 2. The average molecular weight is 492 g/mol. The molecule has 2 aromatic carbocycles. The molecular formula is C28H33N3O5. The molecule has 0 unspecified atom stereocenters. The number of carbonyl (C=O) groups is 2. The third-order valence-corrected chi connectivity index (χ3v) is 7.77. The molecule has 1 amide bonds. The maximum absolute atomic E-state index is 12.6. The Morgan fingerprint density at radius 3 is 2.61 bits per heavy atom. The van der Waals surface area contributed by atoms with Crippen LogP contribution in [0.2, 0.25) is 0 Å². The normalized spacial score (nSPS) is 22.8. The maximum Gasteiger partial charge on any atom is 0.414 e. The number of aliphatic hydroxyl groups excluding tert-OH is 1. The summed E-state index contributed by atoms with van der Waals surface area (Å²) < 4.78 is 7.23. The van der Waals surface area contributed by atoms with Gasteiger partial charge in [-0.25, -0.2) is 9.78 Å². The highest BCUT2D eigenvalue weighted by molar-refractivity contribution is 5.95. The van der Waals surface area contributed by atoms with Gasteiger partial charge in [0, 0.05) is 24.1 Å². The van der Waals surface area contributed by atoms with Gasteiger partial charge in [-0.2, -0.15) is 0 Å². The number of aliphatic carboxylic acids is 1. The van der Waals surface area contributed by atoms with Crippen LogP contribution in [0.15, 0.2) is 42.5 Å². The highest BCUT2D eigenvalue weighted by atomic mass is 16.5. The van der Waals surface area contributed by atoms with Crippen molar-refractivity contribution in [1.29, 1.82) is 0 Å². The highest BCUT2D eigenvalue weighted by Gasteiger charge is 2.34. The molecule has 1 saturated carbocycles. The van der Waals surface area contributed by atoms with Crippen LogP contribution in [-0.4, -0.2) is 51.1 Å². The zero-order chi connectivity index (χ0) is 25.4. The molecule has 0 saturated heterocycles. The first-order chi connectivity index (χ1) is 17.4. The van der Waals surface area contributed by atoms with Gasteiger partial charge in [-0.3, -0.25) is 9.69 Å². The summed E-state index contributed by atoms with van der Waals surface area (Å²) in [6.07, 6.45) is 4.22. The summed E-state index contributed by atoms with van der Waals surface area (Å²) >= 11 is 0. The lowest BCUT2D eigenvalue weighted by atomic mass is 9.91. The number of fused-ring (bicyclic) bond motifs is 3. The first-order valence-corrected chi connectivity index (χ1v) is 12.7. The predicted octanol–water partition coefficient (Wildman–Crippen LogP) is 4.83. The lowest BCUT2D eigenvalue weighted by Gasteiger charge is -2.34. The third kappa shape index (κ3) is 4.34. The highest BCUT2D eigenvalue weighted by Crippen LogP contribution is 2.40. The largest absolute Gasteiger partial charge is 0.481 e. The van der Waals surface area contributed by atoms with E-state index in [1.54, 1.807) is 4.90 Å². The number of aromatic nitrogens is 2. The SMILES string of the molecule is COC(=O)N1c2ccc3c(nc(C[C@@H](C(=O)O)c4ccccc4)n3[C@H]3CCC[C@@H](O)C3)c2CC[C@@H]1C. The van der Waals surface area contributed by atoms with Crippen LogP contribution < -0.4 is 4.90 Å². The lowest BCUT2D eigenvalue weighted by molar-refractivity contribution is -0.138. The van der Waals surface area contributed by atoms with E-state index < -0.39 is 18.0 Å². The Labute approximate surface area is 210 Å². The summed E-state index contributed by atoms with van der Waals surface area (Å²) in [6.45, 7) is 2.01. The molecule has 36 heavy (non-hydrogen) atoms. The van der Waals surface area contributed by atoms with Gasteiger partial charge >= 0.3 is 12.1 Å². The van der Waals surface area contributed by atoms with Gasteiger partial charge in [-0.05, 0) is 63.1 Å². The van der Waals surface area contributed by atoms with E-state index in [2.05, 4.69) is 4.57 Å². The van der Waals surface area contributed by atoms with Crippen LogP contribution in [0.5, 0.6) is 0 Å². The van der Waals surface area contributed by atoms with Crippen LogP contribution in [0.1, 0.15) is 67.9 Å². The fourth-order valence-corrected chi connectivity index (χ4v) is 5.96. The number of ether oxygens (including phenoxy) is 1. The minimum absolute atomic E-state index is 0.00641. The van der Waals surface area contributed by atoms with Crippen LogP contribution in [0.4, 0.5) is 10.5 Å². The van der Waals surface area contributed by atoms with E-state index in [1.165, 1.54) is 7.11 Å². The Hall–Kier alpha value is -3.39. The summed E-state index contributed by atoms with van der Waals surface area (Å²) in [5.74, 6) is -0.925. The van der Waals surface area contributed by atoms with Gasteiger partial charge in [0.05, 0.1) is 35.9 Å². The molecular weight excluding hydrogens is 458 g/mol. The van der Waals surface area contributed by atoms with Crippen molar-refractivity contribution >= 4 is 28.8 Å². The van der Waals surface area contributed by atoms with Crippen molar-refractivity contribution in [3.63, 3.8) is 0 Å². The van der Waals surface area contributed by atoms with Crippen LogP contribution in [0.3, 0.4) is 0 Å². The summed E-state index contributed by atoms with van der Waals surface area (Å²) in [5.41, 5.74) is 4.25. The predicted molar refractivity (Wildman–Crippen MR) is 136 cm³/mol. The third-order valence-electron chi connectivity index (χ3n) is 7.77. The van der Waals surface area contributed by atoms with Gasteiger partial charge in [0.2, 0.25) is 0 Å². The Morgan fingerprint density at radius 2 is 1.92 bits per heavy atom. The Bertz CT molecular complexity index is 1270. The molecule has 0 radical (unpaired) electrons. The molecule has 0 spiro atoms. The molecule has 8 nitrogen and oxygen atoms in total. The molecule has 2 heterocycles. The zero-order valence-corrected chi connectivity index (χ0v) is 20.8.